The molecule has 1 aromatic carbocycles. The molecule has 0 bridgehead atoms. The van der Waals surface area contributed by atoms with Gasteiger partial charge in [0, 0.05) is 37.6 Å². The summed E-state index contributed by atoms with van der Waals surface area (Å²) in [7, 11) is 1.39. The number of pyridine rings is 1. The van der Waals surface area contributed by atoms with Crippen molar-refractivity contribution in [2.24, 2.45) is 0 Å². The first-order chi connectivity index (χ1) is 21.5. The number of aliphatic carboxylic acids is 1. The number of hydrogen-bond donors (Lipinski definition) is 3. The number of carboxylic acids is 1. The zero-order chi connectivity index (χ0) is 32.7. The number of carbonyl (C=O) groups is 3. The molecule has 1 atom stereocenters. The lowest BCUT2D eigenvalue weighted by molar-refractivity contribution is -0.192. The monoisotopic (exact) mass is 631 g/mol. The summed E-state index contributed by atoms with van der Waals surface area (Å²) in [5, 5.41) is 13.2. The number of aromatic nitrogens is 2. The molecule has 45 heavy (non-hydrogen) atoms. The van der Waals surface area contributed by atoms with Crippen LogP contribution in [0.5, 0.6) is 11.5 Å². The predicted molar refractivity (Wildman–Crippen MR) is 153 cm³/mol. The summed E-state index contributed by atoms with van der Waals surface area (Å²) in [6.45, 7) is 3.08. The fourth-order valence-corrected chi connectivity index (χ4v) is 5.02. The van der Waals surface area contributed by atoms with Gasteiger partial charge in [-0.1, -0.05) is 12.0 Å². The molecule has 0 spiro atoms. The van der Waals surface area contributed by atoms with Crippen LogP contribution in [-0.2, 0) is 16.0 Å². The standard InChI is InChI=1S/C28H28FN5O4.C2HF3O2/c1-3-6-25(35)33-14-5-7-18(33)17-38-24-15-30-12-10-22(24)34-16-21(26-23(34)11-13-31-28(26)36)32-20-9-4-8-19(29)27(20)37-2;3-2(4,5)1(6)7/h4,8-10,12,15-16,18,32H,5,7,11,13-14,17H2,1-2H3,(H,31,36);(H,6,7)/t18-;/m1./s1. The summed E-state index contributed by atoms with van der Waals surface area (Å²) >= 11 is 0. The number of ether oxygens (including phenoxy) is 2. The molecule has 11 nitrogen and oxygen atoms in total. The molecule has 3 aromatic rings. The summed E-state index contributed by atoms with van der Waals surface area (Å²) in [5.74, 6) is 2.17. The Morgan fingerprint density at radius 2 is 2.00 bits per heavy atom. The highest BCUT2D eigenvalue weighted by Gasteiger charge is 2.38. The van der Waals surface area contributed by atoms with Crippen LogP contribution in [0.1, 0.15) is 35.8 Å². The van der Waals surface area contributed by atoms with Crippen LogP contribution >= 0.6 is 0 Å². The highest BCUT2D eigenvalue weighted by atomic mass is 19.4. The zero-order valence-corrected chi connectivity index (χ0v) is 24.2. The van der Waals surface area contributed by atoms with Crippen LogP contribution in [-0.4, -0.2) is 76.4 Å². The molecule has 1 saturated heterocycles. The lowest BCUT2D eigenvalue weighted by atomic mass is 10.1. The third-order valence-electron chi connectivity index (χ3n) is 6.99. The van der Waals surface area contributed by atoms with Gasteiger partial charge in [-0.05, 0) is 43.9 Å². The van der Waals surface area contributed by atoms with Crippen molar-refractivity contribution in [3.8, 4) is 29.0 Å². The molecular formula is C30H29F4N5O6. The lowest BCUT2D eigenvalue weighted by Crippen LogP contribution is -2.38. The number of benzene rings is 1. The lowest BCUT2D eigenvalue weighted by Gasteiger charge is -2.23. The van der Waals surface area contributed by atoms with Crippen LogP contribution in [0, 0.1) is 17.7 Å². The first-order valence-electron chi connectivity index (χ1n) is 13.7. The number of para-hydroxylation sites is 1. The maximum atomic E-state index is 14.3. The van der Waals surface area contributed by atoms with Crippen molar-refractivity contribution in [3.63, 3.8) is 0 Å². The minimum atomic E-state index is -5.08. The molecule has 1 fully saturated rings. The summed E-state index contributed by atoms with van der Waals surface area (Å²) in [6.07, 6.45) is 2.30. The predicted octanol–water partition coefficient (Wildman–Crippen LogP) is 4.08. The Bertz CT molecular complexity index is 1650. The Kier molecular flexibility index (Phi) is 10.2. The Balaban J connectivity index is 0.000000591. The van der Waals surface area contributed by atoms with E-state index in [1.807, 2.05) is 10.6 Å². The van der Waals surface area contributed by atoms with Gasteiger partial charge in [0.05, 0.1) is 42.0 Å². The number of likely N-dealkylation sites (tertiary alicyclic amines) is 1. The third kappa shape index (κ3) is 7.46. The minimum Gasteiger partial charge on any atom is -0.492 e. The molecular weight excluding hydrogens is 602 g/mol. The van der Waals surface area contributed by atoms with Crippen LogP contribution in [0.4, 0.5) is 28.9 Å². The van der Waals surface area contributed by atoms with Gasteiger partial charge in [-0.2, -0.15) is 13.2 Å². The summed E-state index contributed by atoms with van der Waals surface area (Å²) < 4.78 is 59.4. The van der Waals surface area contributed by atoms with E-state index in [0.717, 1.165) is 18.5 Å². The van der Waals surface area contributed by atoms with Gasteiger partial charge < -0.3 is 34.7 Å². The van der Waals surface area contributed by atoms with E-state index < -0.39 is 18.0 Å². The highest BCUT2D eigenvalue weighted by molar-refractivity contribution is 6.03. The Labute approximate surface area is 255 Å². The average molecular weight is 632 g/mol. The van der Waals surface area contributed by atoms with Crippen molar-refractivity contribution in [3.05, 3.63) is 59.9 Å². The topological polar surface area (TPSA) is 135 Å². The van der Waals surface area contributed by atoms with Gasteiger partial charge in [0.15, 0.2) is 17.3 Å². The van der Waals surface area contributed by atoms with Gasteiger partial charge in [0.2, 0.25) is 0 Å². The number of carbonyl (C=O) groups excluding carboxylic acids is 2. The minimum absolute atomic E-state index is 0.0570. The van der Waals surface area contributed by atoms with E-state index in [1.54, 1.807) is 42.5 Å². The number of alkyl halides is 3. The number of fused-ring (bicyclic) bond motifs is 1. The highest BCUT2D eigenvalue weighted by Crippen LogP contribution is 2.36. The molecule has 0 unspecified atom stereocenters. The molecule has 2 aliphatic heterocycles. The van der Waals surface area contributed by atoms with Crippen LogP contribution in [0.25, 0.3) is 5.69 Å². The molecule has 4 heterocycles. The fourth-order valence-electron chi connectivity index (χ4n) is 5.02. The van der Waals surface area contributed by atoms with Gasteiger partial charge >= 0.3 is 12.1 Å². The molecule has 2 aromatic heterocycles. The normalized spacial score (nSPS) is 15.5. The number of rotatable bonds is 7. The number of methoxy groups -OCH3 is 1. The number of anilines is 2. The SMILES string of the molecule is CC#CC(=O)N1CCC[C@@H]1COc1cnccc1-n1cc(Nc2cccc(F)c2OC)c2c1CCNC2=O.O=C(O)C(F)(F)F. The smallest absolute Gasteiger partial charge is 0.490 e. The number of hydrogen-bond acceptors (Lipinski definition) is 7. The number of halogens is 4. The second-order valence-corrected chi connectivity index (χ2v) is 9.81. The van der Waals surface area contributed by atoms with Crippen molar-refractivity contribution >= 4 is 29.2 Å². The van der Waals surface area contributed by atoms with E-state index in [-0.39, 0.29) is 23.6 Å². The first-order valence-corrected chi connectivity index (χ1v) is 13.7. The Hall–Kier alpha value is -5.26. The first kappa shape index (κ1) is 32.6. The maximum Gasteiger partial charge on any atom is 0.490 e. The van der Waals surface area contributed by atoms with Crippen molar-refractivity contribution in [1.82, 2.24) is 19.8 Å². The van der Waals surface area contributed by atoms with E-state index in [4.69, 9.17) is 19.4 Å². The third-order valence-corrected chi connectivity index (χ3v) is 6.99. The number of nitrogens with zero attached hydrogens (tertiary/aromatic N) is 3. The van der Waals surface area contributed by atoms with E-state index in [9.17, 15) is 27.2 Å². The molecule has 0 radical (unpaired) electrons. The zero-order valence-electron chi connectivity index (χ0n) is 24.2. The second kappa shape index (κ2) is 14.0. The van der Waals surface area contributed by atoms with E-state index in [0.29, 0.717) is 54.5 Å². The van der Waals surface area contributed by atoms with E-state index in [1.165, 1.54) is 13.2 Å². The van der Waals surface area contributed by atoms with Crippen molar-refractivity contribution in [2.75, 3.05) is 32.1 Å². The summed E-state index contributed by atoms with van der Waals surface area (Å²) in [6, 6.07) is 6.30. The number of nitrogens with one attached hydrogen (secondary N) is 2. The van der Waals surface area contributed by atoms with Crippen LogP contribution in [0.3, 0.4) is 0 Å². The Morgan fingerprint density at radius 3 is 2.69 bits per heavy atom. The van der Waals surface area contributed by atoms with E-state index >= 15 is 0 Å². The Morgan fingerprint density at radius 1 is 1.24 bits per heavy atom. The molecule has 0 saturated carbocycles. The van der Waals surface area contributed by atoms with Crippen molar-refractivity contribution in [2.45, 2.75) is 38.4 Å². The van der Waals surface area contributed by atoms with Gasteiger partial charge in [-0.3, -0.25) is 14.6 Å². The average Bonchev–Trinajstić information content (AvgIpc) is 3.62. The molecule has 5 rings (SSSR count). The van der Waals surface area contributed by atoms with Gasteiger partial charge in [-0.25, -0.2) is 9.18 Å². The van der Waals surface area contributed by atoms with E-state index in [2.05, 4.69) is 27.5 Å². The molecule has 3 N–H and O–H groups in total. The van der Waals surface area contributed by atoms with Gasteiger partial charge in [0.1, 0.15) is 6.61 Å². The molecule has 2 aliphatic rings. The van der Waals surface area contributed by atoms with Crippen molar-refractivity contribution in [1.29, 1.82) is 0 Å². The number of carboxylic acid groups (broad SMARTS) is 1. The summed E-state index contributed by atoms with van der Waals surface area (Å²) in [5.41, 5.74) is 2.87. The van der Waals surface area contributed by atoms with Crippen LogP contribution < -0.4 is 20.1 Å². The number of amides is 2. The van der Waals surface area contributed by atoms with Crippen LogP contribution in [0.2, 0.25) is 0 Å². The molecule has 15 heteroatoms. The largest absolute Gasteiger partial charge is 0.492 e. The van der Waals surface area contributed by atoms with Crippen molar-refractivity contribution < 1.29 is 46.5 Å². The molecule has 2 amide bonds. The second-order valence-electron chi connectivity index (χ2n) is 9.81. The van der Waals surface area contributed by atoms with Gasteiger partial charge in [0.25, 0.3) is 11.8 Å². The van der Waals surface area contributed by atoms with Gasteiger partial charge in [-0.15, -0.1) is 0 Å². The molecule has 238 valence electrons. The maximum absolute atomic E-state index is 14.3. The fraction of sp³-hybridized carbons (Fsp3) is 0.333. The quantitative estimate of drug-likeness (QED) is 0.263. The van der Waals surface area contributed by atoms with Crippen LogP contribution in [0.15, 0.2) is 42.9 Å². The summed E-state index contributed by atoms with van der Waals surface area (Å²) in [4.78, 5) is 40.2. The molecule has 0 aliphatic carbocycles.